The number of aliphatic hydroxyl groups excluding tert-OH is 1. The average Bonchev–Trinajstić information content (AvgIpc) is 2.64. The molecular weight excluding hydrogens is 220 g/mol. The van der Waals surface area contributed by atoms with Crippen molar-refractivity contribution in [1.29, 1.82) is 0 Å². The van der Waals surface area contributed by atoms with Crippen LogP contribution in [0.3, 0.4) is 0 Å². The second-order valence-corrected chi connectivity index (χ2v) is 4.39. The number of carbonyl (C=O) groups is 1. The number of aromatic nitrogens is 1. The first-order valence-electron chi connectivity index (χ1n) is 5.88. The second kappa shape index (κ2) is 6.39. The summed E-state index contributed by atoms with van der Waals surface area (Å²) >= 11 is 0. The van der Waals surface area contributed by atoms with Crippen LogP contribution in [0.4, 0.5) is 0 Å². The monoisotopic (exact) mass is 240 g/mol. The van der Waals surface area contributed by atoms with Crippen molar-refractivity contribution in [2.24, 2.45) is 5.92 Å². The Morgan fingerprint density at radius 3 is 2.76 bits per heavy atom. The molecule has 1 amide bonds. The fourth-order valence-electron chi connectivity index (χ4n) is 1.64. The van der Waals surface area contributed by atoms with Crippen LogP contribution in [0.2, 0.25) is 0 Å². The average molecular weight is 240 g/mol. The number of amides is 1. The van der Waals surface area contributed by atoms with Gasteiger partial charge in [0.15, 0.2) is 0 Å². The van der Waals surface area contributed by atoms with E-state index in [1.807, 2.05) is 6.92 Å². The van der Waals surface area contributed by atoms with Crippen molar-refractivity contribution in [2.75, 3.05) is 13.2 Å². The van der Waals surface area contributed by atoms with Gasteiger partial charge in [0.1, 0.15) is 11.3 Å². The van der Waals surface area contributed by atoms with Gasteiger partial charge in [-0.2, -0.15) is 0 Å². The van der Waals surface area contributed by atoms with Gasteiger partial charge in [-0.25, -0.2) is 0 Å². The van der Waals surface area contributed by atoms with Crippen LogP contribution in [-0.2, 0) is 0 Å². The highest BCUT2D eigenvalue weighted by atomic mass is 16.5. The Kier molecular flexibility index (Phi) is 5.15. The van der Waals surface area contributed by atoms with E-state index in [1.165, 1.54) is 0 Å². The van der Waals surface area contributed by atoms with Gasteiger partial charge in [0.25, 0.3) is 5.91 Å². The maximum Gasteiger partial charge on any atom is 0.256 e. The lowest BCUT2D eigenvalue weighted by atomic mass is 10.1. The first-order valence-corrected chi connectivity index (χ1v) is 5.88. The Morgan fingerprint density at radius 2 is 2.24 bits per heavy atom. The van der Waals surface area contributed by atoms with Gasteiger partial charge < -0.3 is 14.9 Å². The first kappa shape index (κ1) is 13.7. The number of nitrogens with zero attached hydrogens (tertiary/aromatic N) is 1. The number of aryl methyl sites for hydroxylation is 2. The van der Waals surface area contributed by atoms with Gasteiger partial charge in [-0.15, -0.1) is 0 Å². The minimum Gasteiger partial charge on any atom is -0.396 e. The summed E-state index contributed by atoms with van der Waals surface area (Å²) in [7, 11) is 0. The van der Waals surface area contributed by atoms with Gasteiger partial charge >= 0.3 is 0 Å². The van der Waals surface area contributed by atoms with Crippen molar-refractivity contribution >= 4 is 5.91 Å². The van der Waals surface area contributed by atoms with Gasteiger partial charge in [-0.1, -0.05) is 12.1 Å². The highest BCUT2D eigenvalue weighted by Crippen LogP contribution is 2.11. The maximum atomic E-state index is 11.8. The van der Waals surface area contributed by atoms with Gasteiger partial charge in [0.05, 0.1) is 5.69 Å². The Morgan fingerprint density at radius 1 is 1.53 bits per heavy atom. The van der Waals surface area contributed by atoms with E-state index in [1.54, 1.807) is 13.8 Å². The molecule has 2 N–H and O–H groups in total. The van der Waals surface area contributed by atoms with Crippen molar-refractivity contribution in [3.05, 3.63) is 17.0 Å². The van der Waals surface area contributed by atoms with Crippen LogP contribution >= 0.6 is 0 Å². The van der Waals surface area contributed by atoms with E-state index in [-0.39, 0.29) is 18.4 Å². The molecule has 0 radical (unpaired) electrons. The first-order chi connectivity index (χ1) is 8.06. The molecule has 0 fully saturated rings. The molecule has 0 aliphatic heterocycles. The Bertz CT molecular complexity index is 354. The molecule has 5 nitrogen and oxygen atoms in total. The zero-order valence-electron chi connectivity index (χ0n) is 10.6. The highest BCUT2D eigenvalue weighted by molar-refractivity contribution is 5.95. The normalized spacial score (nSPS) is 12.5. The lowest BCUT2D eigenvalue weighted by Crippen LogP contribution is -2.25. The van der Waals surface area contributed by atoms with E-state index in [0.29, 0.717) is 23.6 Å². The summed E-state index contributed by atoms with van der Waals surface area (Å²) in [5.74, 6) is 0.688. The number of nitrogens with one attached hydrogen (secondary N) is 1. The molecule has 0 aliphatic rings. The maximum absolute atomic E-state index is 11.8. The van der Waals surface area contributed by atoms with Gasteiger partial charge in [-0.05, 0) is 32.6 Å². The van der Waals surface area contributed by atoms with Crippen LogP contribution in [0.1, 0.15) is 41.6 Å². The van der Waals surface area contributed by atoms with Crippen LogP contribution in [-0.4, -0.2) is 29.3 Å². The zero-order valence-corrected chi connectivity index (χ0v) is 10.6. The summed E-state index contributed by atoms with van der Waals surface area (Å²) < 4.78 is 4.93. The van der Waals surface area contributed by atoms with Crippen LogP contribution in [0.15, 0.2) is 4.52 Å². The minimum absolute atomic E-state index is 0.141. The quantitative estimate of drug-likeness (QED) is 0.737. The van der Waals surface area contributed by atoms with E-state index in [9.17, 15) is 4.79 Å². The Hall–Kier alpha value is -1.36. The van der Waals surface area contributed by atoms with Crippen LogP contribution in [0.5, 0.6) is 0 Å². The lowest BCUT2D eigenvalue weighted by molar-refractivity contribution is 0.0950. The number of carbonyl (C=O) groups excluding carboxylic acids is 1. The largest absolute Gasteiger partial charge is 0.396 e. The van der Waals surface area contributed by atoms with E-state index < -0.39 is 0 Å². The molecule has 0 bridgehead atoms. The van der Waals surface area contributed by atoms with E-state index in [4.69, 9.17) is 9.63 Å². The number of hydrogen-bond donors (Lipinski definition) is 2. The van der Waals surface area contributed by atoms with Crippen LogP contribution < -0.4 is 5.32 Å². The molecule has 5 heteroatoms. The molecule has 17 heavy (non-hydrogen) atoms. The molecule has 1 aromatic heterocycles. The predicted octanol–water partition coefficient (Wildman–Crippen LogP) is 1.43. The molecule has 1 unspecified atom stereocenters. The highest BCUT2D eigenvalue weighted by Gasteiger charge is 2.16. The standard InChI is InChI=1S/C12H20N2O3/c1-8(7-15)5-4-6-13-12(16)11-9(2)14-17-10(11)3/h8,15H,4-7H2,1-3H3,(H,13,16). The van der Waals surface area contributed by atoms with E-state index >= 15 is 0 Å². The van der Waals surface area contributed by atoms with Gasteiger partial charge in [0.2, 0.25) is 0 Å². The third-order valence-corrected chi connectivity index (χ3v) is 2.73. The fraction of sp³-hybridized carbons (Fsp3) is 0.667. The van der Waals surface area contributed by atoms with Crippen molar-refractivity contribution in [1.82, 2.24) is 10.5 Å². The van der Waals surface area contributed by atoms with Crippen molar-refractivity contribution in [3.63, 3.8) is 0 Å². The molecule has 96 valence electrons. The smallest absolute Gasteiger partial charge is 0.256 e. The third kappa shape index (κ3) is 3.85. The molecule has 0 aliphatic carbocycles. The lowest BCUT2D eigenvalue weighted by Gasteiger charge is -2.08. The molecule has 0 saturated carbocycles. The topological polar surface area (TPSA) is 75.4 Å². The molecule has 1 rings (SSSR count). The molecule has 0 aromatic carbocycles. The van der Waals surface area contributed by atoms with Crippen molar-refractivity contribution in [3.8, 4) is 0 Å². The summed E-state index contributed by atoms with van der Waals surface area (Å²) in [6.45, 7) is 6.25. The Balaban J connectivity index is 2.36. The van der Waals surface area contributed by atoms with Crippen LogP contribution in [0.25, 0.3) is 0 Å². The number of aliphatic hydroxyl groups is 1. The summed E-state index contributed by atoms with van der Waals surface area (Å²) in [5.41, 5.74) is 1.14. The number of hydrogen-bond acceptors (Lipinski definition) is 4. The molecule has 1 aromatic rings. The predicted molar refractivity (Wildman–Crippen MR) is 63.8 cm³/mol. The van der Waals surface area contributed by atoms with Gasteiger partial charge in [-0.3, -0.25) is 4.79 Å². The number of rotatable bonds is 6. The molecule has 0 saturated heterocycles. The zero-order chi connectivity index (χ0) is 12.8. The van der Waals surface area contributed by atoms with Crippen LogP contribution in [0, 0.1) is 19.8 Å². The molecule has 1 atom stereocenters. The van der Waals surface area contributed by atoms with Crippen molar-refractivity contribution in [2.45, 2.75) is 33.6 Å². The fourth-order valence-corrected chi connectivity index (χ4v) is 1.64. The van der Waals surface area contributed by atoms with Crippen molar-refractivity contribution < 1.29 is 14.4 Å². The Labute approximate surface area is 101 Å². The summed E-state index contributed by atoms with van der Waals surface area (Å²) in [4.78, 5) is 11.8. The van der Waals surface area contributed by atoms with Gasteiger partial charge in [0, 0.05) is 13.2 Å². The third-order valence-electron chi connectivity index (χ3n) is 2.73. The molecule has 1 heterocycles. The molecule has 0 spiro atoms. The van der Waals surface area contributed by atoms with E-state index in [0.717, 1.165) is 12.8 Å². The molecular formula is C12H20N2O3. The summed E-state index contributed by atoms with van der Waals surface area (Å²) in [5, 5.41) is 15.4. The van der Waals surface area contributed by atoms with E-state index in [2.05, 4.69) is 10.5 Å². The SMILES string of the molecule is Cc1noc(C)c1C(=O)NCCCC(C)CO. The minimum atomic E-state index is -0.141. The second-order valence-electron chi connectivity index (χ2n) is 4.39. The summed E-state index contributed by atoms with van der Waals surface area (Å²) in [6, 6.07) is 0. The summed E-state index contributed by atoms with van der Waals surface area (Å²) in [6.07, 6.45) is 1.76.